The van der Waals surface area contributed by atoms with Crippen LogP contribution in [0.1, 0.15) is 27.7 Å². The maximum absolute atomic E-state index is 11.6. The van der Waals surface area contributed by atoms with Gasteiger partial charge in [-0.25, -0.2) is 4.72 Å². The summed E-state index contributed by atoms with van der Waals surface area (Å²) in [6.07, 6.45) is 0. The van der Waals surface area contributed by atoms with Crippen molar-refractivity contribution in [1.29, 1.82) is 5.41 Å². The lowest BCUT2D eigenvalue weighted by molar-refractivity contribution is 0.506. The van der Waals surface area contributed by atoms with E-state index in [1.165, 1.54) is 0 Å². The molecule has 1 unspecified atom stereocenters. The molecule has 16 heavy (non-hydrogen) atoms. The lowest BCUT2D eigenvalue weighted by atomic mass is 10.1. The van der Waals surface area contributed by atoms with E-state index in [2.05, 4.69) is 9.44 Å². The first-order chi connectivity index (χ1) is 7.15. The zero-order valence-corrected chi connectivity index (χ0v) is 11.1. The minimum atomic E-state index is -3.59. The van der Waals surface area contributed by atoms with Crippen LogP contribution in [0.4, 0.5) is 0 Å². The molecule has 0 saturated carbocycles. The summed E-state index contributed by atoms with van der Waals surface area (Å²) >= 11 is 0. The van der Waals surface area contributed by atoms with Gasteiger partial charge in [-0.3, -0.25) is 5.41 Å². The van der Waals surface area contributed by atoms with E-state index in [0.29, 0.717) is 6.54 Å². The number of rotatable bonds is 7. The van der Waals surface area contributed by atoms with Gasteiger partial charge >= 0.3 is 0 Å². The van der Waals surface area contributed by atoms with E-state index in [1.54, 1.807) is 13.8 Å². The van der Waals surface area contributed by atoms with Crippen molar-refractivity contribution in [3.63, 3.8) is 0 Å². The van der Waals surface area contributed by atoms with Crippen molar-refractivity contribution < 1.29 is 8.42 Å². The van der Waals surface area contributed by atoms with Gasteiger partial charge in [-0.2, -0.15) is 13.1 Å². The molecule has 96 valence electrons. The molecule has 0 spiro atoms. The van der Waals surface area contributed by atoms with Gasteiger partial charge in [-0.05, 0) is 11.8 Å². The van der Waals surface area contributed by atoms with Crippen molar-refractivity contribution in [2.75, 3.05) is 6.54 Å². The Morgan fingerprint density at radius 3 is 2.12 bits per heavy atom. The van der Waals surface area contributed by atoms with Gasteiger partial charge in [-0.15, -0.1) is 0 Å². The summed E-state index contributed by atoms with van der Waals surface area (Å²) in [5.74, 6) is -0.00977. The van der Waals surface area contributed by atoms with E-state index in [-0.39, 0.29) is 17.7 Å². The molecule has 0 fully saturated rings. The minimum Gasteiger partial charge on any atom is -0.386 e. The summed E-state index contributed by atoms with van der Waals surface area (Å²) in [4.78, 5) is 0. The normalized spacial score (nSPS) is 14.4. The van der Waals surface area contributed by atoms with Crippen LogP contribution in [0, 0.1) is 17.2 Å². The molecule has 1 atom stereocenters. The number of nitrogens with two attached hydrogens (primary N) is 1. The van der Waals surface area contributed by atoms with Crippen LogP contribution in [-0.2, 0) is 10.2 Å². The molecule has 0 aromatic carbocycles. The first-order valence-corrected chi connectivity index (χ1v) is 6.75. The second-order valence-corrected chi connectivity index (χ2v) is 6.07. The highest BCUT2D eigenvalue weighted by molar-refractivity contribution is 7.87. The molecule has 0 amide bonds. The lowest BCUT2D eigenvalue weighted by Gasteiger charge is -2.21. The molecule has 0 aliphatic carbocycles. The molecule has 6 nitrogen and oxygen atoms in total. The fourth-order valence-electron chi connectivity index (χ4n) is 1.04. The van der Waals surface area contributed by atoms with Gasteiger partial charge in [0.15, 0.2) is 0 Å². The summed E-state index contributed by atoms with van der Waals surface area (Å²) in [5.41, 5.74) is 5.33. The third kappa shape index (κ3) is 6.04. The number of amidine groups is 1. The number of hydrogen-bond acceptors (Lipinski definition) is 3. The predicted octanol–water partition coefficient (Wildman–Crippen LogP) is 0.0270. The third-order valence-corrected chi connectivity index (χ3v) is 3.08. The minimum absolute atomic E-state index is 0.0619. The van der Waals surface area contributed by atoms with E-state index in [1.807, 2.05) is 13.8 Å². The Kier molecular flexibility index (Phi) is 5.91. The largest absolute Gasteiger partial charge is 0.386 e. The Hall–Kier alpha value is -0.660. The molecule has 0 heterocycles. The second kappa shape index (κ2) is 6.17. The first kappa shape index (κ1) is 15.3. The summed E-state index contributed by atoms with van der Waals surface area (Å²) in [6.45, 7) is 7.78. The van der Waals surface area contributed by atoms with E-state index in [9.17, 15) is 8.42 Å². The maximum atomic E-state index is 11.6. The molecule has 7 heteroatoms. The molecule has 0 saturated heterocycles. The van der Waals surface area contributed by atoms with Crippen molar-refractivity contribution in [3.8, 4) is 0 Å². The second-order valence-electron chi connectivity index (χ2n) is 4.54. The molecule has 0 aromatic rings. The van der Waals surface area contributed by atoms with Crippen LogP contribution in [0.3, 0.4) is 0 Å². The first-order valence-electron chi connectivity index (χ1n) is 5.26. The van der Waals surface area contributed by atoms with Gasteiger partial charge < -0.3 is 5.73 Å². The standard InChI is InChI=1S/C9H22N4O2S/c1-6(2)5-12-16(14,15)13-8(7(3)4)9(10)11/h6-8,12-13H,5H2,1-4H3,(H3,10,11). The van der Waals surface area contributed by atoms with Crippen LogP contribution < -0.4 is 15.2 Å². The number of hydrogen-bond donors (Lipinski definition) is 4. The van der Waals surface area contributed by atoms with Crippen molar-refractivity contribution in [2.45, 2.75) is 33.7 Å². The van der Waals surface area contributed by atoms with E-state index < -0.39 is 16.3 Å². The lowest BCUT2D eigenvalue weighted by Crippen LogP contribution is -2.51. The van der Waals surface area contributed by atoms with Gasteiger partial charge in [-0.1, -0.05) is 27.7 Å². The van der Waals surface area contributed by atoms with Crippen LogP contribution in [-0.4, -0.2) is 26.8 Å². The van der Waals surface area contributed by atoms with E-state index in [4.69, 9.17) is 11.1 Å². The Balaban J connectivity index is 4.49. The van der Waals surface area contributed by atoms with Gasteiger partial charge in [0.1, 0.15) is 5.84 Å². The summed E-state index contributed by atoms with van der Waals surface area (Å²) in [7, 11) is -3.59. The number of nitrogens with one attached hydrogen (secondary N) is 3. The fourth-order valence-corrected chi connectivity index (χ4v) is 2.41. The molecular formula is C9H22N4O2S. The zero-order chi connectivity index (χ0) is 12.9. The molecule has 0 rings (SSSR count). The topological polar surface area (TPSA) is 108 Å². The Labute approximate surface area is 97.7 Å². The predicted molar refractivity (Wildman–Crippen MR) is 65.4 cm³/mol. The van der Waals surface area contributed by atoms with Gasteiger partial charge in [0, 0.05) is 6.54 Å². The van der Waals surface area contributed by atoms with E-state index >= 15 is 0 Å². The van der Waals surface area contributed by atoms with Crippen LogP contribution >= 0.6 is 0 Å². The summed E-state index contributed by atoms with van der Waals surface area (Å²) < 4.78 is 27.9. The highest BCUT2D eigenvalue weighted by atomic mass is 32.2. The fraction of sp³-hybridized carbons (Fsp3) is 0.889. The third-order valence-electron chi connectivity index (χ3n) is 1.97. The Bertz CT molecular complexity index is 324. The molecule has 0 aromatic heterocycles. The van der Waals surface area contributed by atoms with Crippen LogP contribution in [0.2, 0.25) is 0 Å². The average Bonchev–Trinajstić information content (AvgIpc) is 2.10. The summed E-state index contributed by atoms with van der Waals surface area (Å²) in [6, 6.07) is -0.662. The summed E-state index contributed by atoms with van der Waals surface area (Å²) in [5, 5.41) is 7.30. The molecular weight excluding hydrogens is 228 g/mol. The van der Waals surface area contributed by atoms with Crippen molar-refractivity contribution in [2.24, 2.45) is 17.6 Å². The Morgan fingerprint density at radius 2 is 1.81 bits per heavy atom. The maximum Gasteiger partial charge on any atom is 0.277 e. The molecule has 5 N–H and O–H groups in total. The van der Waals surface area contributed by atoms with E-state index in [0.717, 1.165) is 0 Å². The smallest absolute Gasteiger partial charge is 0.277 e. The van der Waals surface area contributed by atoms with Crippen molar-refractivity contribution in [1.82, 2.24) is 9.44 Å². The van der Waals surface area contributed by atoms with Crippen molar-refractivity contribution in [3.05, 3.63) is 0 Å². The van der Waals surface area contributed by atoms with Crippen molar-refractivity contribution >= 4 is 16.0 Å². The van der Waals surface area contributed by atoms with Crippen LogP contribution in [0.5, 0.6) is 0 Å². The SMILES string of the molecule is CC(C)CNS(=O)(=O)NC(C(=N)N)C(C)C. The van der Waals surface area contributed by atoms with Crippen LogP contribution in [0.25, 0.3) is 0 Å². The molecule has 0 aliphatic rings. The highest BCUT2D eigenvalue weighted by Crippen LogP contribution is 2.02. The molecule has 0 bridgehead atoms. The molecule has 0 aliphatic heterocycles. The molecule has 0 radical (unpaired) electrons. The zero-order valence-electron chi connectivity index (χ0n) is 10.2. The quantitative estimate of drug-likeness (QED) is 0.378. The van der Waals surface area contributed by atoms with Crippen LogP contribution in [0.15, 0.2) is 0 Å². The van der Waals surface area contributed by atoms with Gasteiger partial charge in [0.05, 0.1) is 6.04 Å². The average molecular weight is 250 g/mol. The Morgan fingerprint density at radius 1 is 1.31 bits per heavy atom. The van der Waals surface area contributed by atoms with Gasteiger partial charge in [0.25, 0.3) is 10.2 Å². The highest BCUT2D eigenvalue weighted by Gasteiger charge is 2.22. The monoisotopic (exact) mass is 250 g/mol. The van der Waals surface area contributed by atoms with Gasteiger partial charge in [0.2, 0.25) is 0 Å².